The highest BCUT2D eigenvalue weighted by molar-refractivity contribution is 6.09. The summed E-state index contributed by atoms with van der Waals surface area (Å²) in [6.45, 7) is 9.13. The Morgan fingerprint density at radius 1 is 0.603 bits per heavy atom. The molecule has 0 radical (unpaired) electrons. The van der Waals surface area contributed by atoms with Gasteiger partial charge in [-0.1, -0.05) is 118 Å². The monoisotopic (exact) mass is 756 g/mol. The van der Waals surface area contributed by atoms with Crippen LogP contribution in [0.3, 0.4) is 0 Å². The fourth-order valence-corrected chi connectivity index (χ4v) is 8.23. The standard InChI is InChI=1S/C53H44N4O/c1-36-30-45(37-16-7-5-8-17-37)52(46(31-36)38-18-9-6-10-19-38)56-35-55(48-24-13-14-25-49(48)56)40-20-15-21-41(33-40)58-42-26-27-44-43-22-11-12-23-47(43)57(50(44)34-42)51-32-39(28-29-54-51)53(2,3)4/h5-34H,35H2,1-4H3/i11D,12D,22D,23D. The Balaban J connectivity index is 1.07. The Kier molecular flexibility index (Phi) is 7.56. The van der Waals surface area contributed by atoms with Crippen molar-refractivity contribution in [3.05, 3.63) is 193 Å². The highest BCUT2D eigenvalue weighted by Crippen LogP contribution is 2.50. The van der Waals surface area contributed by atoms with Crippen molar-refractivity contribution in [2.24, 2.45) is 0 Å². The molecule has 5 nitrogen and oxygen atoms in total. The highest BCUT2D eigenvalue weighted by Gasteiger charge is 2.31. The van der Waals surface area contributed by atoms with E-state index in [-0.39, 0.29) is 29.6 Å². The highest BCUT2D eigenvalue weighted by atomic mass is 16.5. The fraction of sp³-hybridized carbons (Fsp3) is 0.113. The summed E-state index contributed by atoms with van der Waals surface area (Å²) in [5, 5.41) is 1.13. The molecule has 7 aromatic carbocycles. The van der Waals surface area contributed by atoms with Crippen LogP contribution < -0.4 is 14.5 Å². The molecule has 1 aliphatic heterocycles. The second-order valence-electron chi connectivity index (χ2n) is 15.9. The van der Waals surface area contributed by atoms with Crippen molar-refractivity contribution >= 4 is 44.6 Å². The lowest BCUT2D eigenvalue weighted by Crippen LogP contribution is -2.25. The summed E-state index contributed by atoms with van der Waals surface area (Å²) < 4.78 is 43.6. The summed E-state index contributed by atoms with van der Waals surface area (Å²) in [5.74, 6) is 1.77. The van der Waals surface area contributed by atoms with Gasteiger partial charge in [0.2, 0.25) is 0 Å². The molecule has 0 aliphatic carbocycles. The largest absolute Gasteiger partial charge is 0.457 e. The molecule has 0 amide bonds. The van der Waals surface area contributed by atoms with Gasteiger partial charge in [-0.15, -0.1) is 0 Å². The van der Waals surface area contributed by atoms with E-state index in [0.717, 1.165) is 39.4 Å². The first-order valence-electron chi connectivity index (χ1n) is 21.6. The summed E-state index contributed by atoms with van der Waals surface area (Å²) in [4.78, 5) is 9.49. The summed E-state index contributed by atoms with van der Waals surface area (Å²) in [7, 11) is 0. The Bertz CT molecular complexity index is 3130. The molecule has 0 atom stereocenters. The van der Waals surface area contributed by atoms with E-state index in [0.29, 0.717) is 45.8 Å². The number of para-hydroxylation sites is 3. The van der Waals surface area contributed by atoms with Crippen LogP contribution >= 0.6 is 0 Å². The predicted octanol–water partition coefficient (Wildman–Crippen LogP) is 14.2. The van der Waals surface area contributed by atoms with Gasteiger partial charge in [-0.3, -0.25) is 4.57 Å². The van der Waals surface area contributed by atoms with Crippen LogP contribution in [0.4, 0.5) is 22.7 Å². The molecule has 0 spiro atoms. The van der Waals surface area contributed by atoms with Gasteiger partial charge < -0.3 is 14.5 Å². The first-order valence-corrected chi connectivity index (χ1v) is 19.6. The molecular formula is C53H44N4O. The van der Waals surface area contributed by atoms with Gasteiger partial charge in [0.25, 0.3) is 0 Å². The number of benzene rings is 7. The van der Waals surface area contributed by atoms with Crippen molar-refractivity contribution in [3.63, 3.8) is 0 Å². The van der Waals surface area contributed by atoms with Crippen LogP contribution in [0.5, 0.6) is 11.5 Å². The van der Waals surface area contributed by atoms with Crippen molar-refractivity contribution in [2.75, 3.05) is 16.5 Å². The minimum Gasteiger partial charge on any atom is -0.457 e. The second kappa shape index (κ2) is 14.1. The van der Waals surface area contributed by atoms with Crippen LogP contribution in [-0.2, 0) is 5.41 Å². The lowest BCUT2D eigenvalue weighted by molar-refractivity contribution is 0.483. The van der Waals surface area contributed by atoms with E-state index in [1.807, 2.05) is 47.0 Å². The molecule has 1 aliphatic rings. The van der Waals surface area contributed by atoms with Crippen molar-refractivity contribution in [3.8, 4) is 39.6 Å². The number of aryl methyl sites for hydroxylation is 1. The molecule has 0 saturated heterocycles. The molecule has 9 aromatic rings. The lowest BCUT2D eigenvalue weighted by atomic mass is 9.88. The first-order chi connectivity index (χ1) is 30.0. The van der Waals surface area contributed by atoms with E-state index >= 15 is 0 Å². The number of hydrogen-bond acceptors (Lipinski definition) is 4. The summed E-state index contributed by atoms with van der Waals surface area (Å²) in [6.07, 6.45) is 1.76. The molecule has 0 saturated carbocycles. The van der Waals surface area contributed by atoms with Crippen LogP contribution in [0.2, 0.25) is 0 Å². The molecule has 282 valence electrons. The Labute approximate surface area is 345 Å². The third-order valence-corrected chi connectivity index (χ3v) is 11.0. The predicted molar refractivity (Wildman–Crippen MR) is 241 cm³/mol. The van der Waals surface area contributed by atoms with Gasteiger partial charge in [0.05, 0.1) is 33.6 Å². The molecule has 0 fully saturated rings. The molecule has 10 rings (SSSR count). The Hall–Kier alpha value is -7.11. The van der Waals surface area contributed by atoms with Crippen molar-refractivity contribution < 1.29 is 10.2 Å². The Morgan fingerprint density at radius 2 is 1.26 bits per heavy atom. The number of nitrogens with zero attached hydrogens (tertiary/aromatic N) is 4. The van der Waals surface area contributed by atoms with E-state index in [4.69, 9.17) is 15.2 Å². The number of fused-ring (bicyclic) bond motifs is 4. The zero-order valence-electron chi connectivity index (χ0n) is 36.9. The third-order valence-electron chi connectivity index (χ3n) is 11.0. The summed E-state index contributed by atoms with van der Waals surface area (Å²) in [6, 6.07) is 51.3. The van der Waals surface area contributed by atoms with E-state index < -0.39 is 0 Å². The van der Waals surface area contributed by atoms with Crippen LogP contribution in [0, 0.1) is 6.92 Å². The molecule has 5 heteroatoms. The normalized spacial score (nSPS) is 13.7. The van der Waals surface area contributed by atoms with E-state index in [2.05, 4.69) is 147 Å². The zero-order valence-corrected chi connectivity index (χ0v) is 32.9. The average molecular weight is 757 g/mol. The van der Waals surface area contributed by atoms with Crippen molar-refractivity contribution in [2.45, 2.75) is 33.1 Å². The number of hydrogen-bond donors (Lipinski definition) is 0. The first kappa shape index (κ1) is 31.0. The van der Waals surface area contributed by atoms with E-state index in [9.17, 15) is 0 Å². The third kappa shape index (κ3) is 6.25. The topological polar surface area (TPSA) is 33.5 Å². The van der Waals surface area contributed by atoms with Gasteiger partial charge >= 0.3 is 0 Å². The second-order valence-corrected chi connectivity index (χ2v) is 15.9. The minimum absolute atomic E-state index is 0.0875. The molecule has 3 heterocycles. The number of pyridine rings is 1. The number of ether oxygens (including phenoxy) is 1. The molecular weight excluding hydrogens is 709 g/mol. The maximum Gasteiger partial charge on any atom is 0.137 e. The summed E-state index contributed by atoms with van der Waals surface area (Å²) in [5.41, 5.74) is 12.1. The molecule has 0 bridgehead atoms. The van der Waals surface area contributed by atoms with Gasteiger partial charge in [0.15, 0.2) is 0 Å². The van der Waals surface area contributed by atoms with Gasteiger partial charge in [-0.2, -0.15) is 0 Å². The van der Waals surface area contributed by atoms with E-state index in [1.165, 1.54) is 16.7 Å². The van der Waals surface area contributed by atoms with Gasteiger partial charge in [-0.25, -0.2) is 4.98 Å². The van der Waals surface area contributed by atoms with Crippen LogP contribution in [0.15, 0.2) is 182 Å². The van der Waals surface area contributed by atoms with E-state index in [1.54, 1.807) is 6.20 Å². The Morgan fingerprint density at radius 3 is 1.97 bits per heavy atom. The maximum absolute atomic E-state index is 9.03. The van der Waals surface area contributed by atoms with Gasteiger partial charge in [0, 0.05) is 45.9 Å². The zero-order chi connectivity index (χ0) is 42.9. The van der Waals surface area contributed by atoms with Crippen LogP contribution in [0.1, 0.15) is 37.4 Å². The maximum atomic E-state index is 9.03. The van der Waals surface area contributed by atoms with Crippen LogP contribution in [0.25, 0.3) is 49.9 Å². The SMILES string of the molecule is [2H]c1c([2H])c([2H])c2c(c1[2H])c1ccc(Oc3cccc(N4CN(c5c(-c6ccccc6)cc(C)cc5-c5ccccc5)c5ccccc54)c3)cc1n2-c1cc(C(C)(C)C)ccn1. The van der Waals surface area contributed by atoms with Gasteiger partial charge in [0.1, 0.15) is 24.0 Å². The molecule has 58 heavy (non-hydrogen) atoms. The molecule has 2 aromatic heterocycles. The average Bonchev–Trinajstić information content (AvgIpc) is 3.84. The van der Waals surface area contributed by atoms with Gasteiger partial charge in [-0.05, 0) is 101 Å². The minimum atomic E-state index is -0.288. The van der Waals surface area contributed by atoms with Crippen molar-refractivity contribution in [1.29, 1.82) is 0 Å². The number of aromatic nitrogens is 2. The summed E-state index contributed by atoms with van der Waals surface area (Å²) >= 11 is 0. The number of anilines is 4. The smallest absolute Gasteiger partial charge is 0.137 e. The quantitative estimate of drug-likeness (QED) is 0.162. The molecule has 0 N–H and O–H groups in total. The van der Waals surface area contributed by atoms with Crippen molar-refractivity contribution in [1.82, 2.24) is 9.55 Å². The number of rotatable bonds is 7. The lowest BCUT2D eigenvalue weighted by Gasteiger charge is -2.28. The molecule has 0 unspecified atom stereocenters. The van der Waals surface area contributed by atoms with Crippen LogP contribution in [-0.4, -0.2) is 16.2 Å². The fourth-order valence-electron chi connectivity index (χ4n) is 8.23.